The van der Waals surface area contributed by atoms with E-state index in [4.69, 9.17) is 0 Å². The molecule has 1 rings (SSSR count). The number of halogens is 1. The highest BCUT2D eigenvalue weighted by Crippen LogP contribution is 2.24. The molecule has 0 amide bonds. The highest BCUT2D eigenvalue weighted by molar-refractivity contribution is 9.10. The van der Waals surface area contributed by atoms with E-state index in [1.165, 1.54) is 12.8 Å². The van der Waals surface area contributed by atoms with Crippen LogP contribution in [0.15, 0.2) is 28.7 Å². The molecule has 1 atom stereocenters. The maximum Gasteiger partial charge on any atom is 0.310 e. The number of unbranched alkanes of at least 4 members (excludes halogenated alkanes) is 3. The van der Waals surface area contributed by atoms with Crippen LogP contribution in [0.2, 0.25) is 0 Å². The van der Waals surface area contributed by atoms with Gasteiger partial charge in [0.15, 0.2) is 0 Å². The van der Waals surface area contributed by atoms with E-state index in [2.05, 4.69) is 22.9 Å². The SMILES string of the molecule is CCCCCCC(C(=O)O)c1ccc(Br)cc1. The minimum absolute atomic E-state index is 0.361. The van der Waals surface area contributed by atoms with Gasteiger partial charge < -0.3 is 5.11 Å². The Balaban J connectivity index is 2.59. The Kier molecular flexibility index (Phi) is 6.27. The van der Waals surface area contributed by atoms with Gasteiger partial charge in [0.2, 0.25) is 0 Å². The average molecular weight is 299 g/mol. The van der Waals surface area contributed by atoms with Crippen LogP contribution in [0, 0.1) is 0 Å². The zero-order valence-corrected chi connectivity index (χ0v) is 11.7. The molecule has 0 aliphatic rings. The normalized spacial score (nSPS) is 12.4. The second-order valence-electron chi connectivity index (χ2n) is 4.29. The minimum Gasteiger partial charge on any atom is -0.481 e. The molecule has 0 aliphatic carbocycles. The van der Waals surface area contributed by atoms with E-state index in [1.807, 2.05) is 24.3 Å². The van der Waals surface area contributed by atoms with Gasteiger partial charge in [-0.1, -0.05) is 60.7 Å². The Labute approximate surface area is 111 Å². The zero-order chi connectivity index (χ0) is 12.7. The smallest absolute Gasteiger partial charge is 0.310 e. The Morgan fingerprint density at radius 1 is 1.24 bits per heavy atom. The molecule has 0 spiro atoms. The molecule has 94 valence electrons. The Hall–Kier alpha value is -0.830. The summed E-state index contributed by atoms with van der Waals surface area (Å²) in [6.45, 7) is 2.16. The number of carboxylic acids is 1. The van der Waals surface area contributed by atoms with Crippen molar-refractivity contribution in [3.8, 4) is 0 Å². The monoisotopic (exact) mass is 298 g/mol. The lowest BCUT2D eigenvalue weighted by atomic mass is 9.93. The van der Waals surface area contributed by atoms with Crippen molar-refractivity contribution in [2.75, 3.05) is 0 Å². The van der Waals surface area contributed by atoms with E-state index in [-0.39, 0.29) is 5.92 Å². The van der Waals surface area contributed by atoms with Crippen molar-refractivity contribution >= 4 is 21.9 Å². The minimum atomic E-state index is -0.719. The summed E-state index contributed by atoms with van der Waals surface area (Å²) in [5, 5.41) is 9.24. The van der Waals surface area contributed by atoms with Crippen LogP contribution in [-0.4, -0.2) is 11.1 Å². The van der Waals surface area contributed by atoms with E-state index in [1.54, 1.807) is 0 Å². The van der Waals surface area contributed by atoms with Gasteiger partial charge in [-0.05, 0) is 24.1 Å². The molecule has 1 unspecified atom stereocenters. The molecule has 1 aromatic rings. The Bertz CT molecular complexity index is 346. The quantitative estimate of drug-likeness (QED) is 0.748. The van der Waals surface area contributed by atoms with Gasteiger partial charge >= 0.3 is 5.97 Å². The summed E-state index contributed by atoms with van der Waals surface area (Å²) in [5.74, 6) is -1.08. The van der Waals surface area contributed by atoms with Gasteiger partial charge in [-0.2, -0.15) is 0 Å². The van der Waals surface area contributed by atoms with Crippen LogP contribution in [0.5, 0.6) is 0 Å². The van der Waals surface area contributed by atoms with Crippen LogP contribution in [0.1, 0.15) is 50.5 Å². The number of hydrogen-bond acceptors (Lipinski definition) is 1. The van der Waals surface area contributed by atoms with E-state index in [0.29, 0.717) is 0 Å². The first kappa shape index (κ1) is 14.2. The molecule has 0 heterocycles. The van der Waals surface area contributed by atoms with Gasteiger partial charge in [0.25, 0.3) is 0 Å². The van der Waals surface area contributed by atoms with E-state index in [9.17, 15) is 9.90 Å². The zero-order valence-electron chi connectivity index (χ0n) is 10.2. The van der Waals surface area contributed by atoms with Gasteiger partial charge in [-0.25, -0.2) is 0 Å². The first-order valence-corrected chi connectivity index (χ1v) is 6.92. The van der Waals surface area contributed by atoms with Crippen molar-refractivity contribution < 1.29 is 9.90 Å². The summed E-state index contributed by atoms with van der Waals surface area (Å²) < 4.78 is 0.983. The van der Waals surface area contributed by atoms with Crippen molar-refractivity contribution in [3.05, 3.63) is 34.3 Å². The van der Waals surface area contributed by atoms with E-state index >= 15 is 0 Å². The molecule has 0 fully saturated rings. The first-order chi connectivity index (χ1) is 8.15. The Morgan fingerprint density at radius 2 is 1.88 bits per heavy atom. The predicted molar refractivity (Wildman–Crippen MR) is 73.3 cm³/mol. The second kappa shape index (κ2) is 7.49. The molecule has 1 N–H and O–H groups in total. The van der Waals surface area contributed by atoms with Crippen LogP contribution < -0.4 is 0 Å². The lowest BCUT2D eigenvalue weighted by Gasteiger charge is -2.12. The van der Waals surface area contributed by atoms with Gasteiger partial charge in [-0.3, -0.25) is 4.79 Å². The summed E-state index contributed by atoms with van der Waals surface area (Å²) in [5.41, 5.74) is 0.900. The summed E-state index contributed by atoms with van der Waals surface area (Å²) in [4.78, 5) is 11.2. The fraction of sp³-hybridized carbons (Fsp3) is 0.500. The molecule has 0 aliphatic heterocycles. The van der Waals surface area contributed by atoms with Crippen LogP contribution in [-0.2, 0) is 4.79 Å². The van der Waals surface area contributed by atoms with Crippen LogP contribution in [0.4, 0.5) is 0 Å². The van der Waals surface area contributed by atoms with Crippen molar-refractivity contribution in [2.45, 2.75) is 44.9 Å². The molecule has 0 bridgehead atoms. The number of aliphatic carboxylic acids is 1. The summed E-state index contributed by atoms with van der Waals surface area (Å²) >= 11 is 3.36. The van der Waals surface area contributed by atoms with Crippen molar-refractivity contribution in [2.24, 2.45) is 0 Å². The van der Waals surface area contributed by atoms with Crippen LogP contribution in [0.3, 0.4) is 0 Å². The fourth-order valence-corrected chi connectivity index (χ4v) is 2.17. The summed E-state index contributed by atoms with van der Waals surface area (Å²) in [7, 11) is 0. The van der Waals surface area contributed by atoms with Gasteiger partial charge in [0, 0.05) is 4.47 Å². The molecule has 0 aromatic heterocycles. The molecule has 17 heavy (non-hydrogen) atoms. The van der Waals surface area contributed by atoms with Gasteiger partial charge in [0.05, 0.1) is 5.92 Å². The summed E-state index contributed by atoms with van der Waals surface area (Å²) in [6.07, 6.45) is 5.21. The molecular weight excluding hydrogens is 280 g/mol. The summed E-state index contributed by atoms with van der Waals surface area (Å²) in [6, 6.07) is 7.58. The Morgan fingerprint density at radius 3 is 2.41 bits per heavy atom. The highest BCUT2D eigenvalue weighted by Gasteiger charge is 2.18. The average Bonchev–Trinajstić information content (AvgIpc) is 2.30. The first-order valence-electron chi connectivity index (χ1n) is 6.13. The highest BCUT2D eigenvalue weighted by atomic mass is 79.9. The topological polar surface area (TPSA) is 37.3 Å². The van der Waals surface area contributed by atoms with Crippen molar-refractivity contribution in [1.29, 1.82) is 0 Å². The number of rotatable bonds is 7. The van der Waals surface area contributed by atoms with Crippen molar-refractivity contribution in [3.63, 3.8) is 0 Å². The maximum absolute atomic E-state index is 11.2. The third-order valence-corrected chi connectivity index (χ3v) is 3.45. The van der Waals surface area contributed by atoms with Crippen LogP contribution >= 0.6 is 15.9 Å². The number of hydrogen-bond donors (Lipinski definition) is 1. The number of carbonyl (C=O) groups is 1. The lowest BCUT2D eigenvalue weighted by Crippen LogP contribution is -2.11. The predicted octanol–water partition coefficient (Wildman–Crippen LogP) is 4.59. The lowest BCUT2D eigenvalue weighted by molar-refractivity contribution is -0.139. The third-order valence-electron chi connectivity index (χ3n) is 2.92. The number of benzene rings is 1. The van der Waals surface area contributed by atoms with Gasteiger partial charge in [0.1, 0.15) is 0 Å². The van der Waals surface area contributed by atoms with Crippen LogP contribution in [0.25, 0.3) is 0 Å². The van der Waals surface area contributed by atoms with E-state index < -0.39 is 5.97 Å². The number of carboxylic acid groups (broad SMARTS) is 1. The molecule has 0 saturated heterocycles. The standard InChI is InChI=1S/C14H19BrO2/c1-2-3-4-5-6-13(14(16)17)11-7-9-12(15)10-8-11/h7-10,13H,2-6H2,1H3,(H,16,17). The molecule has 0 saturated carbocycles. The molecule has 1 aromatic carbocycles. The largest absolute Gasteiger partial charge is 0.481 e. The van der Waals surface area contributed by atoms with Gasteiger partial charge in [-0.15, -0.1) is 0 Å². The van der Waals surface area contributed by atoms with E-state index in [0.717, 1.165) is 29.3 Å². The fourth-order valence-electron chi connectivity index (χ4n) is 1.90. The molecule has 3 heteroatoms. The molecule has 2 nitrogen and oxygen atoms in total. The maximum atomic E-state index is 11.2. The molecule has 0 radical (unpaired) electrons. The van der Waals surface area contributed by atoms with Crippen molar-refractivity contribution in [1.82, 2.24) is 0 Å². The third kappa shape index (κ3) is 4.90. The second-order valence-corrected chi connectivity index (χ2v) is 5.21. The molecular formula is C14H19BrO2.